The fourth-order valence-corrected chi connectivity index (χ4v) is 2.83. The van der Waals surface area contributed by atoms with E-state index in [9.17, 15) is 4.79 Å². The molecule has 0 fully saturated rings. The summed E-state index contributed by atoms with van der Waals surface area (Å²) in [5, 5.41) is 1.28. The largest absolute Gasteiger partial charge is 0.452 e. The van der Waals surface area contributed by atoms with Crippen molar-refractivity contribution >= 4 is 29.0 Å². The molecule has 0 bridgehead atoms. The lowest BCUT2D eigenvalue weighted by Crippen LogP contribution is -1.96. The molecular weight excluding hydrogens is 371 g/mol. The zero-order valence-electron chi connectivity index (χ0n) is 13.4. The Hall–Kier alpha value is -2.75. The number of halogens is 2. The highest BCUT2D eigenvalue weighted by molar-refractivity contribution is 6.30. The smallest absolute Gasteiger partial charge is 0.263 e. The van der Waals surface area contributed by atoms with Crippen molar-refractivity contribution in [2.24, 2.45) is 0 Å². The Morgan fingerprint density at radius 3 is 1.35 bits per heavy atom. The molecule has 0 aliphatic heterocycles. The van der Waals surface area contributed by atoms with Gasteiger partial charge in [0.1, 0.15) is 11.5 Å². The molecule has 0 unspecified atom stereocenters. The molecule has 2 aromatic heterocycles. The van der Waals surface area contributed by atoms with Crippen molar-refractivity contribution in [3.05, 3.63) is 94.4 Å². The van der Waals surface area contributed by atoms with Crippen LogP contribution in [0.3, 0.4) is 0 Å². The third-order valence-electron chi connectivity index (χ3n) is 3.92. The van der Waals surface area contributed by atoms with Gasteiger partial charge in [0.25, 0.3) is 5.78 Å². The van der Waals surface area contributed by atoms with Crippen LogP contribution in [0.1, 0.15) is 16.3 Å². The molecule has 2 heterocycles. The van der Waals surface area contributed by atoms with Gasteiger partial charge < -0.3 is 8.83 Å². The lowest BCUT2D eigenvalue weighted by atomic mass is 10.2. The molecule has 0 amide bonds. The maximum Gasteiger partial charge on any atom is 0.263 e. The lowest BCUT2D eigenvalue weighted by molar-refractivity contribution is 0.0985. The highest BCUT2D eigenvalue weighted by atomic mass is 35.5. The molecule has 0 aliphatic rings. The first kappa shape index (κ1) is 16.7. The number of furan rings is 2. The highest BCUT2D eigenvalue weighted by Gasteiger charge is 2.18. The number of carbonyl (C=O) groups excluding carboxylic acids is 1. The van der Waals surface area contributed by atoms with Crippen LogP contribution in [0.5, 0.6) is 0 Å². The molecule has 0 aliphatic carbocycles. The molecule has 3 nitrogen and oxygen atoms in total. The van der Waals surface area contributed by atoms with E-state index in [0.717, 1.165) is 11.1 Å². The number of hydrogen-bond donors (Lipinski definition) is 0. The Morgan fingerprint density at radius 2 is 0.962 bits per heavy atom. The number of benzene rings is 2. The van der Waals surface area contributed by atoms with E-state index in [-0.39, 0.29) is 17.3 Å². The maximum absolute atomic E-state index is 12.6. The predicted octanol–water partition coefficient (Wildman–Crippen LogP) is 6.74. The third-order valence-corrected chi connectivity index (χ3v) is 4.42. The molecule has 4 aromatic rings. The minimum Gasteiger partial charge on any atom is -0.452 e. The van der Waals surface area contributed by atoms with Crippen LogP contribution in [0.25, 0.3) is 22.6 Å². The molecule has 0 radical (unpaired) electrons. The molecule has 0 saturated heterocycles. The zero-order chi connectivity index (χ0) is 18.1. The monoisotopic (exact) mass is 382 g/mol. The van der Waals surface area contributed by atoms with Crippen LogP contribution in [0.4, 0.5) is 0 Å². The summed E-state index contributed by atoms with van der Waals surface area (Å²) in [6, 6.07) is 21.2. The zero-order valence-corrected chi connectivity index (χ0v) is 14.9. The highest BCUT2D eigenvalue weighted by Crippen LogP contribution is 2.28. The number of hydrogen-bond acceptors (Lipinski definition) is 3. The van der Waals surface area contributed by atoms with E-state index >= 15 is 0 Å². The van der Waals surface area contributed by atoms with E-state index in [4.69, 9.17) is 32.0 Å². The second kappa shape index (κ2) is 6.87. The van der Waals surface area contributed by atoms with E-state index in [2.05, 4.69) is 0 Å². The summed E-state index contributed by atoms with van der Waals surface area (Å²) in [4.78, 5) is 12.6. The van der Waals surface area contributed by atoms with Gasteiger partial charge in [0.2, 0.25) is 0 Å². The van der Waals surface area contributed by atoms with Crippen molar-refractivity contribution in [3.63, 3.8) is 0 Å². The van der Waals surface area contributed by atoms with Crippen molar-refractivity contribution in [2.45, 2.75) is 0 Å². The Morgan fingerprint density at radius 1 is 0.577 bits per heavy atom. The molecule has 0 spiro atoms. The minimum absolute atomic E-state index is 0.215. The van der Waals surface area contributed by atoms with Gasteiger partial charge in [0, 0.05) is 21.2 Å². The van der Waals surface area contributed by atoms with Gasteiger partial charge in [-0.1, -0.05) is 23.2 Å². The average Bonchev–Trinajstić information content (AvgIpc) is 3.32. The fraction of sp³-hybridized carbons (Fsp3) is 0. The summed E-state index contributed by atoms with van der Waals surface area (Å²) in [6.07, 6.45) is 0. The van der Waals surface area contributed by atoms with Crippen molar-refractivity contribution < 1.29 is 13.6 Å². The molecular formula is C21H12Cl2O3. The van der Waals surface area contributed by atoms with Crippen LogP contribution in [-0.2, 0) is 0 Å². The summed E-state index contributed by atoms with van der Waals surface area (Å²) < 4.78 is 11.4. The second-order valence-electron chi connectivity index (χ2n) is 5.67. The number of ketones is 1. The first-order chi connectivity index (χ1) is 12.6. The summed E-state index contributed by atoms with van der Waals surface area (Å²) in [6.45, 7) is 0. The van der Waals surface area contributed by atoms with Gasteiger partial charge in [-0.3, -0.25) is 4.79 Å². The quantitative estimate of drug-likeness (QED) is 0.366. The van der Waals surface area contributed by atoms with Crippen LogP contribution >= 0.6 is 23.2 Å². The maximum atomic E-state index is 12.6. The Balaban J connectivity index is 1.58. The van der Waals surface area contributed by atoms with Crippen molar-refractivity contribution in [1.29, 1.82) is 0 Å². The van der Waals surface area contributed by atoms with Gasteiger partial charge >= 0.3 is 0 Å². The van der Waals surface area contributed by atoms with Gasteiger partial charge in [-0.05, 0) is 72.8 Å². The fourth-order valence-electron chi connectivity index (χ4n) is 2.58. The van der Waals surface area contributed by atoms with Crippen molar-refractivity contribution in [1.82, 2.24) is 0 Å². The second-order valence-corrected chi connectivity index (χ2v) is 6.54. The van der Waals surface area contributed by atoms with Gasteiger partial charge in [-0.2, -0.15) is 0 Å². The van der Waals surface area contributed by atoms with Crippen LogP contribution in [0.15, 0.2) is 81.6 Å². The van der Waals surface area contributed by atoms with E-state index < -0.39 is 0 Å². The van der Waals surface area contributed by atoms with Crippen molar-refractivity contribution in [3.8, 4) is 22.6 Å². The van der Waals surface area contributed by atoms with Gasteiger partial charge in [-0.25, -0.2) is 0 Å². The molecule has 5 heteroatoms. The van der Waals surface area contributed by atoms with E-state index in [1.165, 1.54) is 0 Å². The predicted molar refractivity (Wildman–Crippen MR) is 102 cm³/mol. The van der Waals surface area contributed by atoms with Crippen LogP contribution < -0.4 is 0 Å². The summed E-state index contributed by atoms with van der Waals surface area (Å²) in [7, 11) is 0. The summed E-state index contributed by atoms with van der Waals surface area (Å²) in [5.74, 6) is 1.30. The normalized spacial score (nSPS) is 10.8. The lowest BCUT2D eigenvalue weighted by Gasteiger charge is -1.98. The molecule has 2 aromatic carbocycles. The van der Waals surface area contributed by atoms with Crippen LogP contribution in [0.2, 0.25) is 10.0 Å². The van der Waals surface area contributed by atoms with Gasteiger partial charge in [0.05, 0.1) is 0 Å². The number of rotatable bonds is 4. The first-order valence-electron chi connectivity index (χ1n) is 7.86. The van der Waals surface area contributed by atoms with Gasteiger partial charge in [-0.15, -0.1) is 0 Å². The molecule has 128 valence electrons. The topological polar surface area (TPSA) is 43.4 Å². The summed E-state index contributed by atoms with van der Waals surface area (Å²) >= 11 is 11.8. The molecule has 4 rings (SSSR count). The van der Waals surface area contributed by atoms with E-state index in [0.29, 0.717) is 21.6 Å². The molecule has 26 heavy (non-hydrogen) atoms. The van der Waals surface area contributed by atoms with Crippen molar-refractivity contribution in [2.75, 3.05) is 0 Å². The minimum atomic E-state index is -0.314. The van der Waals surface area contributed by atoms with E-state index in [1.807, 2.05) is 24.3 Å². The average molecular weight is 383 g/mol. The Labute approximate surface area is 159 Å². The first-order valence-corrected chi connectivity index (χ1v) is 8.62. The summed E-state index contributed by atoms with van der Waals surface area (Å²) in [5.41, 5.74) is 1.68. The SMILES string of the molecule is O=C(c1ccc(-c2ccc(Cl)cc2)o1)c1ccc(-c2ccc(Cl)cc2)o1. The molecule has 0 saturated carbocycles. The van der Waals surface area contributed by atoms with Crippen LogP contribution in [-0.4, -0.2) is 5.78 Å². The standard InChI is InChI=1S/C21H12Cl2O3/c22-15-5-1-13(2-6-15)17-9-11-19(25-17)21(24)20-12-10-18(26-20)14-3-7-16(23)8-4-14/h1-12H. The Kier molecular flexibility index (Phi) is 4.41. The third kappa shape index (κ3) is 3.32. The number of carbonyl (C=O) groups is 1. The molecule has 0 atom stereocenters. The van der Waals surface area contributed by atoms with E-state index in [1.54, 1.807) is 48.5 Å². The van der Waals surface area contributed by atoms with Gasteiger partial charge in [0.15, 0.2) is 11.5 Å². The van der Waals surface area contributed by atoms with Crippen LogP contribution in [0, 0.1) is 0 Å². The Bertz CT molecular complexity index is 972. The molecule has 0 N–H and O–H groups in total.